The molecule has 0 amide bonds. The number of ether oxygens (including phenoxy) is 1. The van der Waals surface area contributed by atoms with Gasteiger partial charge in [-0.1, -0.05) is 57.1 Å². The number of hydrogen-bond acceptors (Lipinski definition) is 6. The molecule has 0 atom stereocenters. The first-order chi connectivity index (χ1) is 14.6. The van der Waals surface area contributed by atoms with E-state index >= 15 is 0 Å². The summed E-state index contributed by atoms with van der Waals surface area (Å²) >= 11 is 0. The quantitative estimate of drug-likeness (QED) is 0.496. The maximum Gasteiger partial charge on any atom is 0.243 e. The topological polar surface area (TPSA) is 85.5 Å². The van der Waals surface area contributed by atoms with Crippen LogP contribution in [0.15, 0.2) is 51.9 Å². The zero-order chi connectivity index (χ0) is 22.8. The van der Waals surface area contributed by atoms with Crippen molar-refractivity contribution in [3.63, 3.8) is 0 Å². The summed E-state index contributed by atoms with van der Waals surface area (Å²) in [6, 6.07) is 12.8. The van der Waals surface area contributed by atoms with Crippen LogP contribution in [0.5, 0.6) is 5.75 Å². The van der Waals surface area contributed by atoms with E-state index in [2.05, 4.69) is 24.0 Å². The van der Waals surface area contributed by atoms with E-state index in [0.29, 0.717) is 17.5 Å². The van der Waals surface area contributed by atoms with E-state index in [0.717, 1.165) is 11.1 Å². The summed E-state index contributed by atoms with van der Waals surface area (Å²) in [4.78, 5) is 4.57. The Morgan fingerprint density at radius 3 is 2.29 bits per heavy atom. The van der Waals surface area contributed by atoms with Gasteiger partial charge in [-0.25, -0.2) is 8.42 Å². The summed E-state index contributed by atoms with van der Waals surface area (Å²) in [7, 11) is -0.668. The second kappa shape index (κ2) is 9.20. The van der Waals surface area contributed by atoms with E-state index in [9.17, 15) is 8.42 Å². The third-order valence-corrected chi connectivity index (χ3v) is 6.99. The van der Waals surface area contributed by atoms with Gasteiger partial charge in [-0.3, -0.25) is 0 Å². The van der Waals surface area contributed by atoms with E-state index in [1.165, 1.54) is 16.9 Å². The minimum Gasteiger partial charge on any atom is -0.496 e. The van der Waals surface area contributed by atoms with Crippen LogP contribution in [0.1, 0.15) is 56.5 Å². The molecule has 7 nitrogen and oxygen atoms in total. The van der Waals surface area contributed by atoms with Gasteiger partial charge in [0.25, 0.3) is 0 Å². The number of aromatic nitrogens is 2. The first-order valence-electron chi connectivity index (χ1n) is 10.2. The van der Waals surface area contributed by atoms with Gasteiger partial charge in [0, 0.05) is 12.6 Å². The van der Waals surface area contributed by atoms with Gasteiger partial charge < -0.3 is 9.26 Å². The normalized spacial score (nSPS) is 12.2. The summed E-state index contributed by atoms with van der Waals surface area (Å²) in [5, 5.41) is 4.00. The average molecular weight is 444 g/mol. The second-order valence-corrected chi connectivity index (χ2v) is 10.2. The molecule has 2 aromatic carbocycles. The van der Waals surface area contributed by atoms with Crippen LogP contribution in [0.25, 0.3) is 11.4 Å². The van der Waals surface area contributed by atoms with Crippen molar-refractivity contribution in [2.45, 2.75) is 51.0 Å². The van der Waals surface area contributed by atoms with Crippen LogP contribution in [0, 0.1) is 0 Å². The average Bonchev–Trinajstić information content (AvgIpc) is 3.21. The highest BCUT2D eigenvalue weighted by Gasteiger charge is 2.25. The molecule has 166 valence electrons. The highest BCUT2D eigenvalue weighted by Crippen LogP contribution is 2.30. The van der Waals surface area contributed by atoms with Gasteiger partial charge >= 0.3 is 0 Å². The van der Waals surface area contributed by atoms with Crippen LogP contribution in [0.3, 0.4) is 0 Å². The van der Waals surface area contributed by atoms with Crippen molar-refractivity contribution in [2.75, 3.05) is 14.2 Å². The molecule has 0 radical (unpaired) electrons. The molecule has 0 aliphatic heterocycles. The first-order valence-corrected chi connectivity index (χ1v) is 11.6. The molecule has 0 N–H and O–H groups in total. The maximum atomic E-state index is 13.1. The van der Waals surface area contributed by atoms with Crippen LogP contribution < -0.4 is 4.74 Å². The van der Waals surface area contributed by atoms with Crippen molar-refractivity contribution in [2.24, 2.45) is 0 Å². The van der Waals surface area contributed by atoms with Crippen LogP contribution in [-0.2, 0) is 16.6 Å². The van der Waals surface area contributed by atoms with E-state index in [4.69, 9.17) is 9.26 Å². The molecule has 1 heterocycles. The maximum absolute atomic E-state index is 13.1. The number of sulfonamides is 1. The van der Waals surface area contributed by atoms with Crippen molar-refractivity contribution in [3.05, 3.63) is 59.5 Å². The fourth-order valence-electron chi connectivity index (χ4n) is 3.23. The minimum absolute atomic E-state index is 0.0253. The fraction of sp³-hybridized carbons (Fsp3) is 0.391. The van der Waals surface area contributed by atoms with Gasteiger partial charge in [0.2, 0.25) is 21.7 Å². The van der Waals surface area contributed by atoms with E-state index in [1.54, 1.807) is 25.3 Å². The summed E-state index contributed by atoms with van der Waals surface area (Å²) < 4.78 is 38.0. The van der Waals surface area contributed by atoms with E-state index < -0.39 is 10.0 Å². The molecule has 0 saturated carbocycles. The fourth-order valence-corrected chi connectivity index (χ4v) is 4.39. The van der Waals surface area contributed by atoms with E-state index in [-0.39, 0.29) is 23.2 Å². The molecule has 3 aromatic rings. The monoisotopic (exact) mass is 443 g/mol. The van der Waals surface area contributed by atoms with Crippen molar-refractivity contribution in [3.8, 4) is 17.1 Å². The van der Waals surface area contributed by atoms with Crippen LogP contribution in [0.2, 0.25) is 0 Å². The van der Waals surface area contributed by atoms with Crippen molar-refractivity contribution < 1.29 is 17.7 Å². The molecule has 3 rings (SSSR count). The third kappa shape index (κ3) is 4.97. The number of rotatable bonds is 8. The summed E-state index contributed by atoms with van der Waals surface area (Å²) in [6.45, 7) is 8.22. The number of nitrogens with zero attached hydrogens (tertiary/aromatic N) is 3. The largest absolute Gasteiger partial charge is 0.496 e. The predicted molar refractivity (Wildman–Crippen MR) is 120 cm³/mol. The molecule has 0 saturated heterocycles. The number of benzene rings is 2. The van der Waals surface area contributed by atoms with Gasteiger partial charge in [-0.05, 0) is 41.2 Å². The van der Waals surface area contributed by atoms with Crippen molar-refractivity contribution in [1.29, 1.82) is 0 Å². The Morgan fingerprint density at radius 1 is 1.03 bits per heavy atom. The standard InChI is InChI=1S/C23H29N3O4S/c1-15(2)17-7-9-18(10-8-17)23-24-22(30-25-23)14-26(5)31(27,28)19-11-12-21(29-6)20(13-19)16(3)4/h7-13,15-16H,14H2,1-6H3. The van der Waals surface area contributed by atoms with Gasteiger partial charge in [-0.15, -0.1) is 0 Å². The molecule has 0 aliphatic rings. The van der Waals surface area contributed by atoms with Gasteiger partial charge in [0.1, 0.15) is 5.75 Å². The van der Waals surface area contributed by atoms with Gasteiger partial charge in [0.05, 0.1) is 18.6 Å². The molecule has 0 fully saturated rings. The lowest BCUT2D eigenvalue weighted by molar-refractivity contribution is 0.336. The first kappa shape index (κ1) is 23.0. The van der Waals surface area contributed by atoms with Crippen LogP contribution in [0.4, 0.5) is 0 Å². The van der Waals surface area contributed by atoms with E-state index in [1.807, 2.05) is 38.1 Å². The molecular weight excluding hydrogens is 414 g/mol. The Morgan fingerprint density at radius 2 is 1.71 bits per heavy atom. The molecule has 0 aliphatic carbocycles. The summed E-state index contributed by atoms with van der Waals surface area (Å²) in [6.07, 6.45) is 0. The number of hydrogen-bond donors (Lipinski definition) is 0. The molecule has 0 unspecified atom stereocenters. The highest BCUT2D eigenvalue weighted by atomic mass is 32.2. The summed E-state index contributed by atoms with van der Waals surface area (Å²) in [5.41, 5.74) is 2.88. The molecule has 8 heteroatoms. The summed E-state index contributed by atoms with van der Waals surface area (Å²) in [5.74, 6) is 1.88. The van der Waals surface area contributed by atoms with Gasteiger partial charge in [0.15, 0.2) is 0 Å². The Bertz CT molecular complexity index is 1140. The minimum atomic E-state index is -3.74. The predicted octanol–water partition coefficient (Wildman–Crippen LogP) is 4.81. The number of methoxy groups -OCH3 is 1. The Balaban J connectivity index is 1.80. The molecule has 0 bridgehead atoms. The van der Waals surface area contributed by atoms with Crippen LogP contribution in [-0.4, -0.2) is 37.0 Å². The van der Waals surface area contributed by atoms with Crippen LogP contribution >= 0.6 is 0 Å². The van der Waals surface area contributed by atoms with Gasteiger partial charge in [-0.2, -0.15) is 9.29 Å². The Hall–Kier alpha value is -2.71. The third-order valence-electron chi connectivity index (χ3n) is 5.19. The lowest BCUT2D eigenvalue weighted by Crippen LogP contribution is -2.26. The lowest BCUT2D eigenvalue weighted by Gasteiger charge is -2.18. The Kier molecular flexibility index (Phi) is 6.81. The SMILES string of the molecule is COc1ccc(S(=O)(=O)N(C)Cc2nc(-c3ccc(C(C)C)cc3)no2)cc1C(C)C. The smallest absolute Gasteiger partial charge is 0.243 e. The van der Waals surface area contributed by atoms with Crippen molar-refractivity contribution >= 4 is 10.0 Å². The van der Waals surface area contributed by atoms with Crippen molar-refractivity contribution in [1.82, 2.24) is 14.4 Å². The molecular formula is C23H29N3O4S. The zero-order valence-corrected chi connectivity index (χ0v) is 19.6. The zero-order valence-electron chi connectivity index (χ0n) is 18.8. The lowest BCUT2D eigenvalue weighted by atomic mass is 10.0. The Labute approximate surface area is 184 Å². The molecule has 1 aromatic heterocycles. The molecule has 31 heavy (non-hydrogen) atoms. The second-order valence-electron chi connectivity index (χ2n) is 8.11. The molecule has 0 spiro atoms. The highest BCUT2D eigenvalue weighted by molar-refractivity contribution is 7.89.